The summed E-state index contributed by atoms with van der Waals surface area (Å²) in [7, 11) is 1.78. The zero-order chi connectivity index (χ0) is 19.4. The van der Waals surface area contributed by atoms with Gasteiger partial charge in [0.05, 0.1) is 23.9 Å². The maximum Gasteiger partial charge on any atom is 0.260 e. The largest absolute Gasteiger partial charge is 0.469 e. The number of rotatable bonds is 6. The number of nitrogens with one attached hydrogen (secondary N) is 1. The predicted octanol–water partition coefficient (Wildman–Crippen LogP) is 3.81. The molecule has 0 fully saturated rings. The fraction of sp³-hybridized carbons (Fsp3) is 0.250. The summed E-state index contributed by atoms with van der Waals surface area (Å²) < 4.78 is 5.14. The van der Waals surface area contributed by atoms with Crippen LogP contribution in [0.1, 0.15) is 32.9 Å². The van der Waals surface area contributed by atoms with Gasteiger partial charge in [-0.15, -0.1) is 11.3 Å². The predicted molar refractivity (Wildman–Crippen MR) is 105 cm³/mol. The van der Waals surface area contributed by atoms with E-state index in [-0.39, 0.29) is 18.2 Å². The second-order valence-electron chi connectivity index (χ2n) is 6.34. The summed E-state index contributed by atoms with van der Waals surface area (Å²) in [5.41, 5.74) is 3.39. The lowest BCUT2D eigenvalue weighted by molar-refractivity contribution is -0.129. The molecule has 0 radical (unpaired) electrons. The number of nitrogens with zero attached hydrogens (tertiary/aromatic N) is 2. The number of thiazole rings is 1. The minimum Gasteiger partial charge on any atom is -0.469 e. The molecule has 2 heterocycles. The van der Waals surface area contributed by atoms with Crippen molar-refractivity contribution in [2.24, 2.45) is 0 Å². The van der Waals surface area contributed by atoms with E-state index in [1.807, 2.05) is 31.2 Å². The van der Waals surface area contributed by atoms with Gasteiger partial charge in [0.1, 0.15) is 5.76 Å². The number of aryl methyl sites for hydroxylation is 2. The van der Waals surface area contributed by atoms with Crippen molar-refractivity contribution in [3.8, 4) is 0 Å². The van der Waals surface area contributed by atoms with Gasteiger partial charge >= 0.3 is 0 Å². The number of carbonyl (C=O) groups excluding carboxylic acids is 2. The Bertz CT molecular complexity index is 961. The van der Waals surface area contributed by atoms with Gasteiger partial charge in [-0.25, -0.2) is 4.98 Å². The molecule has 3 rings (SSSR count). The Kier molecular flexibility index (Phi) is 5.71. The van der Waals surface area contributed by atoms with Crippen LogP contribution < -0.4 is 5.32 Å². The van der Waals surface area contributed by atoms with E-state index in [4.69, 9.17) is 4.42 Å². The standard InChI is InChI=1S/C20H21N3O3S/c1-13-6-4-5-7-15(13)11-23(3)18(24)10-16-12-27-20(21-16)22-19(25)17-8-9-26-14(17)2/h4-9,12H,10-11H2,1-3H3,(H,21,22,25). The fourth-order valence-corrected chi connectivity index (χ4v) is 3.36. The summed E-state index contributed by atoms with van der Waals surface area (Å²) in [6, 6.07) is 9.62. The Morgan fingerprint density at radius 3 is 2.70 bits per heavy atom. The highest BCUT2D eigenvalue weighted by atomic mass is 32.1. The summed E-state index contributed by atoms with van der Waals surface area (Å²) in [5, 5.41) is 4.99. The number of hydrogen-bond acceptors (Lipinski definition) is 5. The van der Waals surface area contributed by atoms with Gasteiger partial charge in [-0.1, -0.05) is 24.3 Å². The summed E-state index contributed by atoms with van der Waals surface area (Å²) >= 11 is 1.30. The molecule has 2 aromatic heterocycles. The molecule has 1 N–H and O–H groups in total. The van der Waals surface area contributed by atoms with Crippen LogP contribution in [0.3, 0.4) is 0 Å². The van der Waals surface area contributed by atoms with Gasteiger partial charge in [-0.2, -0.15) is 0 Å². The third-order valence-electron chi connectivity index (χ3n) is 4.30. The molecule has 0 aliphatic rings. The van der Waals surface area contributed by atoms with Crippen LogP contribution in [0.4, 0.5) is 5.13 Å². The molecule has 7 heteroatoms. The van der Waals surface area contributed by atoms with E-state index >= 15 is 0 Å². The van der Waals surface area contributed by atoms with Crippen LogP contribution >= 0.6 is 11.3 Å². The minimum absolute atomic E-state index is 0.0212. The van der Waals surface area contributed by atoms with E-state index in [9.17, 15) is 9.59 Å². The number of likely N-dealkylation sites (N-methyl/N-ethyl adjacent to an activating group) is 1. The number of benzene rings is 1. The lowest BCUT2D eigenvalue weighted by Gasteiger charge is -2.18. The van der Waals surface area contributed by atoms with Crippen molar-refractivity contribution < 1.29 is 14.0 Å². The second kappa shape index (κ2) is 8.18. The van der Waals surface area contributed by atoms with Gasteiger partial charge in [0.2, 0.25) is 5.91 Å². The molecule has 0 atom stereocenters. The number of furan rings is 1. The number of hydrogen-bond donors (Lipinski definition) is 1. The van der Waals surface area contributed by atoms with E-state index in [2.05, 4.69) is 10.3 Å². The Balaban J connectivity index is 1.58. The molecule has 0 unspecified atom stereocenters. The summed E-state index contributed by atoms with van der Waals surface area (Å²) in [5.74, 6) is 0.259. The van der Waals surface area contributed by atoms with E-state index in [1.165, 1.54) is 17.6 Å². The van der Waals surface area contributed by atoms with E-state index in [0.29, 0.717) is 28.7 Å². The lowest BCUT2D eigenvalue weighted by atomic mass is 10.1. The molecule has 6 nitrogen and oxygen atoms in total. The molecule has 0 aliphatic heterocycles. The van der Waals surface area contributed by atoms with Gasteiger partial charge in [0, 0.05) is 19.0 Å². The average Bonchev–Trinajstić information content (AvgIpc) is 3.25. The van der Waals surface area contributed by atoms with Crippen LogP contribution in [0, 0.1) is 13.8 Å². The third kappa shape index (κ3) is 4.62. The normalized spacial score (nSPS) is 10.6. The van der Waals surface area contributed by atoms with Crippen molar-refractivity contribution in [3.63, 3.8) is 0 Å². The Labute approximate surface area is 161 Å². The van der Waals surface area contributed by atoms with Gasteiger partial charge in [-0.3, -0.25) is 14.9 Å². The van der Waals surface area contributed by atoms with E-state index in [1.54, 1.807) is 30.3 Å². The van der Waals surface area contributed by atoms with Crippen LogP contribution in [-0.4, -0.2) is 28.7 Å². The highest BCUT2D eigenvalue weighted by molar-refractivity contribution is 7.14. The molecule has 0 spiro atoms. The van der Waals surface area contributed by atoms with Crippen molar-refractivity contribution in [2.75, 3.05) is 12.4 Å². The zero-order valence-corrected chi connectivity index (χ0v) is 16.3. The van der Waals surface area contributed by atoms with Crippen LogP contribution in [0.5, 0.6) is 0 Å². The first-order chi connectivity index (χ1) is 12.9. The highest BCUT2D eigenvalue weighted by Crippen LogP contribution is 2.19. The van der Waals surface area contributed by atoms with Crippen molar-refractivity contribution in [1.29, 1.82) is 0 Å². The number of anilines is 1. The molecular formula is C20H21N3O3S. The Morgan fingerprint density at radius 2 is 2.00 bits per heavy atom. The number of aromatic nitrogens is 1. The van der Waals surface area contributed by atoms with Crippen LogP contribution in [-0.2, 0) is 17.8 Å². The second-order valence-corrected chi connectivity index (χ2v) is 7.20. The topological polar surface area (TPSA) is 75.4 Å². The number of carbonyl (C=O) groups is 2. The third-order valence-corrected chi connectivity index (χ3v) is 5.11. The summed E-state index contributed by atoms with van der Waals surface area (Å²) in [6.45, 7) is 4.31. The zero-order valence-electron chi connectivity index (χ0n) is 15.5. The molecule has 2 amide bonds. The number of amides is 2. The monoisotopic (exact) mass is 383 g/mol. The molecule has 0 aliphatic carbocycles. The molecule has 0 bridgehead atoms. The summed E-state index contributed by atoms with van der Waals surface area (Å²) in [6.07, 6.45) is 1.67. The molecule has 1 aromatic carbocycles. The van der Waals surface area contributed by atoms with Crippen LogP contribution in [0.25, 0.3) is 0 Å². The lowest BCUT2D eigenvalue weighted by Crippen LogP contribution is -2.28. The highest BCUT2D eigenvalue weighted by Gasteiger charge is 2.16. The SMILES string of the molecule is Cc1ccccc1CN(C)C(=O)Cc1csc(NC(=O)c2ccoc2C)n1. The van der Waals surface area contributed by atoms with Crippen LogP contribution in [0.2, 0.25) is 0 Å². The van der Waals surface area contributed by atoms with Gasteiger partial charge in [-0.05, 0) is 31.0 Å². The minimum atomic E-state index is -0.273. The molecule has 0 saturated carbocycles. The van der Waals surface area contributed by atoms with Crippen molar-refractivity contribution in [3.05, 3.63) is 70.1 Å². The van der Waals surface area contributed by atoms with E-state index in [0.717, 1.165) is 11.1 Å². The maximum atomic E-state index is 12.5. The van der Waals surface area contributed by atoms with Crippen molar-refractivity contribution in [1.82, 2.24) is 9.88 Å². The van der Waals surface area contributed by atoms with Crippen molar-refractivity contribution in [2.45, 2.75) is 26.8 Å². The smallest absolute Gasteiger partial charge is 0.260 e. The van der Waals surface area contributed by atoms with Crippen LogP contribution in [0.15, 0.2) is 46.4 Å². The molecule has 3 aromatic rings. The van der Waals surface area contributed by atoms with Gasteiger partial charge in [0.15, 0.2) is 5.13 Å². The average molecular weight is 383 g/mol. The molecular weight excluding hydrogens is 362 g/mol. The van der Waals surface area contributed by atoms with Crippen molar-refractivity contribution >= 4 is 28.3 Å². The molecule has 140 valence electrons. The summed E-state index contributed by atoms with van der Waals surface area (Å²) in [4.78, 5) is 30.7. The Hall–Kier alpha value is -2.93. The molecule has 27 heavy (non-hydrogen) atoms. The first-order valence-corrected chi connectivity index (χ1v) is 9.40. The Morgan fingerprint density at radius 1 is 1.22 bits per heavy atom. The van der Waals surface area contributed by atoms with E-state index < -0.39 is 0 Å². The quantitative estimate of drug-likeness (QED) is 0.702. The first-order valence-electron chi connectivity index (χ1n) is 8.52. The van der Waals surface area contributed by atoms with Gasteiger partial charge in [0.25, 0.3) is 5.91 Å². The first kappa shape index (κ1) is 18.8. The van der Waals surface area contributed by atoms with Gasteiger partial charge < -0.3 is 9.32 Å². The maximum absolute atomic E-state index is 12.5. The fourth-order valence-electron chi connectivity index (χ4n) is 2.65. The molecule has 0 saturated heterocycles.